The van der Waals surface area contributed by atoms with Crippen LogP contribution in [0.4, 0.5) is 5.69 Å². The Morgan fingerprint density at radius 1 is 1.19 bits per heavy atom. The van der Waals surface area contributed by atoms with Crippen molar-refractivity contribution in [2.75, 3.05) is 12.4 Å². The number of nitriles is 1. The summed E-state index contributed by atoms with van der Waals surface area (Å²) in [6, 6.07) is 15.5. The van der Waals surface area contributed by atoms with Crippen molar-refractivity contribution in [3.63, 3.8) is 0 Å². The highest BCUT2D eigenvalue weighted by molar-refractivity contribution is 7.99. The Morgan fingerprint density at radius 3 is 2.57 bits per heavy atom. The van der Waals surface area contributed by atoms with Crippen molar-refractivity contribution in [3.8, 4) is 11.8 Å². The zero-order valence-electron chi connectivity index (χ0n) is 11.1. The molecule has 0 aliphatic rings. The van der Waals surface area contributed by atoms with Crippen molar-refractivity contribution < 1.29 is 9.66 Å². The minimum Gasteiger partial charge on any atom is -0.493 e. The quantitative estimate of drug-likeness (QED) is 0.352. The lowest BCUT2D eigenvalue weighted by Crippen LogP contribution is -2.00. The number of benzene rings is 2. The van der Waals surface area contributed by atoms with Gasteiger partial charge in [-0.15, -0.1) is 11.8 Å². The van der Waals surface area contributed by atoms with Crippen LogP contribution in [0.2, 0.25) is 0 Å². The van der Waals surface area contributed by atoms with Gasteiger partial charge >= 0.3 is 0 Å². The van der Waals surface area contributed by atoms with E-state index >= 15 is 0 Å². The summed E-state index contributed by atoms with van der Waals surface area (Å²) in [6.07, 6.45) is 0. The summed E-state index contributed by atoms with van der Waals surface area (Å²) >= 11 is 1.38. The molecular weight excluding hydrogens is 288 g/mol. The number of nitro groups is 1. The van der Waals surface area contributed by atoms with E-state index in [0.717, 1.165) is 0 Å². The molecular formula is C15H12N2O3S. The topological polar surface area (TPSA) is 76.2 Å². The molecule has 0 aliphatic heterocycles. The van der Waals surface area contributed by atoms with Gasteiger partial charge in [0, 0.05) is 11.8 Å². The van der Waals surface area contributed by atoms with Gasteiger partial charge in [0.05, 0.1) is 28.1 Å². The number of rotatable bonds is 6. The second kappa shape index (κ2) is 7.31. The van der Waals surface area contributed by atoms with E-state index in [1.165, 1.54) is 17.8 Å². The van der Waals surface area contributed by atoms with Gasteiger partial charge < -0.3 is 4.74 Å². The van der Waals surface area contributed by atoms with E-state index < -0.39 is 0 Å². The molecule has 0 amide bonds. The number of hydrogen-bond donors (Lipinski definition) is 0. The maximum Gasteiger partial charge on any atom is 0.282 e. The van der Waals surface area contributed by atoms with Crippen molar-refractivity contribution in [3.05, 3.63) is 64.2 Å². The zero-order valence-corrected chi connectivity index (χ0v) is 11.9. The summed E-state index contributed by atoms with van der Waals surface area (Å²) in [5.41, 5.74) is 0.692. The lowest BCUT2D eigenvalue weighted by molar-refractivity contribution is -0.387. The predicted octanol–water partition coefficient (Wildman–Crippen LogP) is 3.64. The third-order valence-electron chi connectivity index (χ3n) is 2.65. The lowest BCUT2D eigenvalue weighted by Gasteiger charge is -2.06. The van der Waals surface area contributed by atoms with Gasteiger partial charge in [0.1, 0.15) is 5.75 Å². The van der Waals surface area contributed by atoms with Crippen LogP contribution in [0.3, 0.4) is 0 Å². The van der Waals surface area contributed by atoms with Crippen molar-refractivity contribution in [1.29, 1.82) is 5.26 Å². The lowest BCUT2D eigenvalue weighted by atomic mass is 10.2. The third-order valence-corrected chi connectivity index (χ3v) is 3.68. The molecule has 0 saturated carbocycles. The molecule has 0 atom stereocenters. The smallest absolute Gasteiger partial charge is 0.282 e. The number of para-hydroxylation sites is 1. The van der Waals surface area contributed by atoms with Crippen LogP contribution >= 0.6 is 11.8 Å². The molecule has 2 aromatic carbocycles. The Labute approximate surface area is 126 Å². The summed E-state index contributed by atoms with van der Waals surface area (Å²) in [4.78, 5) is 11.1. The van der Waals surface area contributed by atoms with Crippen molar-refractivity contribution in [1.82, 2.24) is 0 Å². The molecule has 0 unspecified atom stereocenters. The normalized spacial score (nSPS) is 9.86. The van der Waals surface area contributed by atoms with Crippen LogP contribution in [-0.4, -0.2) is 17.3 Å². The maximum atomic E-state index is 10.9. The first-order valence-corrected chi connectivity index (χ1v) is 7.18. The van der Waals surface area contributed by atoms with Gasteiger partial charge in [-0.25, -0.2) is 0 Å². The monoisotopic (exact) mass is 300 g/mol. The molecule has 0 radical (unpaired) electrons. The molecule has 2 aromatic rings. The summed E-state index contributed by atoms with van der Waals surface area (Å²) < 4.78 is 5.53. The fraction of sp³-hybridized carbons (Fsp3) is 0.133. The van der Waals surface area contributed by atoms with E-state index in [-0.39, 0.29) is 10.6 Å². The Bertz CT molecular complexity index is 665. The Hall–Kier alpha value is -2.52. The molecule has 0 spiro atoms. The molecule has 21 heavy (non-hydrogen) atoms. The summed E-state index contributed by atoms with van der Waals surface area (Å²) in [7, 11) is 0. The molecule has 0 N–H and O–H groups in total. The second-order valence-corrected chi connectivity index (χ2v) is 5.19. The van der Waals surface area contributed by atoms with E-state index in [1.54, 1.807) is 42.5 Å². The minimum atomic E-state index is -0.385. The number of hydrogen-bond acceptors (Lipinski definition) is 5. The van der Waals surface area contributed by atoms with Crippen molar-refractivity contribution in [2.24, 2.45) is 0 Å². The van der Waals surface area contributed by atoms with Gasteiger partial charge in [-0.2, -0.15) is 5.26 Å². The van der Waals surface area contributed by atoms with E-state index in [9.17, 15) is 10.1 Å². The van der Waals surface area contributed by atoms with Crippen LogP contribution in [0.25, 0.3) is 0 Å². The fourth-order valence-electron chi connectivity index (χ4n) is 1.67. The van der Waals surface area contributed by atoms with E-state index in [4.69, 9.17) is 10.00 Å². The van der Waals surface area contributed by atoms with Gasteiger partial charge in [0.2, 0.25) is 0 Å². The molecule has 5 nitrogen and oxygen atoms in total. The molecule has 0 aliphatic carbocycles. The highest BCUT2D eigenvalue weighted by atomic mass is 32.2. The Morgan fingerprint density at radius 2 is 1.90 bits per heavy atom. The molecule has 0 bridgehead atoms. The van der Waals surface area contributed by atoms with Crippen molar-refractivity contribution in [2.45, 2.75) is 4.90 Å². The molecule has 2 rings (SSSR count). The summed E-state index contributed by atoms with van der Waals surface area (Å²) in [6.45, 7) is 0.433. The molecule has 0 heterocycles. The first-order chi connectivity index (χ1) is 10.2. The molecule has 0 saturated heterocycles. The Kier molecular flexibility index (Phi) is 5.18. The van der Waals surface area contributed by atoms with Crippen LogP contribution in [-0.2, 0) is 0 Å². The predicted molar refractivity (Wildman–Crippen MR) is 80.5 cm³/mol. The van der Waals surface area contributed by atoms with Crippen LogP contribution in [0.5, 0.6) is 5.75 Å². The van der Waals surface area contributed by atoms with Gasteiger partial charge in [-0.1, -0.05) is 12.1 Å². The largest absolute Gasteiger partial charge is 0.493 e. The van der Waals surface area contributed by atoms with Crippen LogP contribution in [0, 0.1) is 21.4 Å². The standard InChI is InChI=1S/C15H12N2O3S/c16-11-12-5-7-13(8-6-12)20-9-10-21-15-4-2-1-3-14(15)17(18)19/h1-8H,9-10H2. The first kappa shape index (κ1) is 14.9. The third kappa shape index (κ3) is 4.23. The van der Waals surface area contributed by atoms with E-state index in [2.05, 4.69) is 0 Å². The van der Waals surface area contributed by atoms with E-state index in [0.29, 0.717) is 28.6 Å². The zero-order chi connectivity index (χ0) is 15.1. The number of thioether (sulfide) groups is 1. The second-order valence-electron chi connectivity index (χ2n) is 4.06. The molecule has 0 aromatic heterocycles. The van der Waals surface area contributed by atoms with Gasteiger partial charge in [-0.3, -0.25) is 10.1 Å². The molecule has 0 fully saturated rings. The molecule has 6 heteroatoms. The highest BCUT2D eigenvalue weighted by Crippen LogP contribution is 2.28. The fourth-order valence-corrected chi connectivity index (χ4v) is 2.52. The van der Waals surface area contributed by atoms with Gasteiger partial charge in [-0.05, 0) is 30.3 Å². The van der Waals surface area contributed by atoms with Gasteiger partial charge in [0.25, 0.3) is 5.69 Å². The number of ether oxygens (including phenoxy) is 1. The average molecular weight is 300 g/mol. The van der Waals surface area contributed by atoms with Crippen LogP contribution in [0.15, 0.2) is 53.4 Å². The van der Waals surface area contributed by atoms with Crippen LogP contribution in [0.1, 0.15) is 5.56 Å². The SMILES string of the molecule is N#Cc1ccc(OCCSc2ccccc2[N+](=O)[O-])cc1. The van der Waals surface area contributed by atoms with Gasteiger partial charge in [0.15, 0.2) is 0 Å². The minimum absolute atomic E-state index is 0.112. The number of nitro benzene ring substituents is 1. The summed E-state index contributed by atoms with van der Waals surface area (Å²) in [5, 5.41) is 19.6. The number of nitrogens with zero attached hydrogens (tertiary/aromatic N) is 2. The maximum absolute atomic E-state index is 10.9. The van der Waals surface area contributed by atoms with E-state index in [1.807, 2.05) is 6.07 Å². The molecule has 106 valence electrons. The highest BCUT2D eigenvalue weighted by Gasteiger charge is 2.12. The van der Waals surface area contributed by atoms with Crippen molar-refractivity contribution >= 4 is 17.4 Å². The van der Waals surface area contributed by atoms with Crippen LogP contribution < -0.4 is 4.74 Å². The Balaban J connectivity index is 1.85. The average Bonchev–Trinajstić information content (AvgIpc) is 2.52. The first-order valence-electron chi connectivity index (χ1n) is 6.20. The summed E-state index contributed by atoms with van der Waals surface area (Å²) in [5.74, 6) is 1.28.